The van der Waals surface area contributed by atoms with E-state index in [2.05, 4.69) is 68.5 Å². The third-order valence-corrected chi connectivity index (χ3v) is 7.57. The highest BCUT2D eigenvalue weighted by atomic mass is 35.5. The summed E-state index contributed by atoms with van der Waals surface area (Å²) in [5.41, 5.74) is 14.9. The molecule has 0 bridgehead atoms. The molecule has 0 aliphatic heterocycles. The summed E-state index contributed by atoms with van der Waals surface area (Å²) in [7, 11) is 1.74. The Bertz CT molecular complexity index is 1300. The van der Waals surface area contributed by atoms with Crippen LogP contribution < -0.4 is 10.5 Å². The first-order chi connectivity index (χ1) is 19.9. The lowest BCUT2D eigenvalue weighted by Crippen LogP contribution is -2.14. The normalized spacial score (nSPS) is 12.7. The number of nitrogens with two attached hydrogens (primary N) is 1. The first-order valence-electron chi connectivity index (χ1n) is 14.3. The van der Waals surface area contributed by atoms with Crippen molar-refractivity contribution in [1.29, 1.82) is 0 Å². The standard InChI is InChI=1S/C35H43Cl2NO3/c1-5-9-27(10-8-16-40-18-19-41-35-33(36)20-25(2)21-34(35)37)23-30(24-38)31-14-13-29(22-26(31)3)32-12-7-6-11-28(32)15-17-39-4/h6-14,20-22,30H,5,15-19,23-24,38H2,1-4H3/b10-8-,27-9+. The Morgan fingerprint density at radius 3 is 2.41 bits per heavy atom. The van der Waals surface area contributed by atoms with E-state index < -0.39 is 0 Å². The van der Waals surface area contributed by atoms with Crippen LogP contribution in [-0.2, 0) is 15.9 Å². The fraction of sp³-hybridized carbons (Fsp3) is 0.371. The fourth-order valence-corrected chi connectivity index (χ4v) is 5.70. The third kappa shape index (κ3) is 10.0. The van der Waals surface area contributed by atoms with Crippen LogP contribution in [0.25, 0.3) is 11.1 Å². The highest BCUT2D eigenvalue weighted by Gasteiger charge is 2.15. The fourth-order valence-electron chi connectivity index (χ4n) is 5.00. The molecule has 0 radical (unpaired) electrons. The third-order valence-electron chi connectivity index (χ3n) is 7.01. The SMILES string of the molecule is CC/C=C(\C=C/COCCOc1c(Cl)cc(C)cc1Cl)CC(CN)c1ccc(-c2ccccc2CCOC)cc1C. The zero-order valence-corrected chi connectivity index (χ0v) is 26.2. The van der Waals surface area contributed by atoms with Gasteiger partial charge >= 0.3 is 0 Å². The zero-order chi connectivity index (χ0) is 29.6. The molecule has 0 heterocycles. The van der Waals surface area contributed by atoms with Gasteiger partial charge in [0.2, 0.25) is 0 Å². The predicted molar refractivity (Wildman–Crippen MR) is 174 cm³/mol. The largest absolute Gasteiger partial charge is 0.488 e. The predicted octanol–water partition coefficient (Wildman–Crippen LogP) is 8.89. The number of allylic oxidation sites excluding steroid dienone is 3. The number of ether oxygens (including phenoxy) is 3. The molecule has 1 atom stereocenters. The Labute approximate surface area is 256 Å². The topological polar surface area (TPSA) is 53.7 Å². The van der Waals surface area contributed by atoms with Crippen molar-refractivity contribution in [2.75, 3.05) is 40.1 Å². The van der Waals surface area contributed by atoms with Gasteiger partial charge in [0, 0.05) is 13.0 Å². The summed E-state index contributed by atoms with van der Waals surface area (Å²) in [5, 5.41) is 1.02. The quantitative estimate of drug-likeness (QED) is 0.133. The minimum absolute atomic E-state index is 0.230. The minimum atomic E-state index is 0.230. The smallest absolute Gasteiger partial charge is 0.156 e. The van der Waals surface area contributed by atoms with E-state index in [4.69, 9.17) is 43.1 Å². The van der Waals surface area contributed by atoms with E-state index in [0.717, 1.165) is 24.8 Å². The molecule has 4 nitrogen and oxygen atoms in total. The van der Waals surface area contributed by atoms with Gasteiger partial charge in [-0.05, 0) is 85.2 Å². The van der Waals surface area contributed by atoms with E-state index in [1.54, 1.807) is 7.11 Å². The van der Waals surface area contributed by atoms with Gasteiger partial charge in [0.1, 0.15) is 6.61 Å². The van der Waals surface area contributed by atoms with Crippen molar-refractivity contribution in [3.05, 3.63) is 111 Å². The summed E-state index contributed by atoms with van der Waals surface area (Å²) in [6, 6.07) is 19.0. The Hall–Kier alpha value is -2.60. The van der Waals surface area contributed by atoms with Gasteiger partial charge in [-0.2, -0.15) is 0 Å². The van der Waals surface area contributed by atoms with E-state index in [1.165, 1.54) is 33.4 Å². The Morgan fingerprint density at radius 2 is 1.73 bits per heavy atom. The van der Waals surface area contributed by atoms with Crippen molar-refractivity contribution in [1.82, 2.24) is 0 Å². The van der Waals surface area contributed by atoms with Crippen molar-refractivity contribution in [2.45, 2.75) is 46.0 Å². The van der Waals surface area contributed by atoms with Crippen LogP contribution in [0.2, 0.25) is 10.0 Å². The second-order valence-corrected chi connectivity index (χ2v) is 11.0. The van der Waals surface area contributed by atoms with Gasteiger partial charge < -0.3 is 19.9 Å². The summed E-state index contributed by atoms with van der Waals surface area (Å²) in [5.74, 6) is 0.728. The maximum Gasteiger partial charge on any atom is 0.156 e. The molecule has 3 rings (SSSR count). The maximum absolute atomic E-state index is 6.31. The van der Waals surface area contributed by atoms with Crippen molar-refractivity contribution >= 4 is 23.2 Å². The molecule has 0 amide bonds. The average Bonchev–Trinajstić information content (AvgIpc) is 2.95. The number of halogens is 2. The van der Waals surface area contributed by atoms with Gasteiger partial charge in [-0.25, -0.2) is 0 Å². The second-order valence-electron chi connectivity index (χ2n) is 10.2. The Balaban J connectivity index is 1.58. The molecule has 0 aliphatic rings. The van der Waals surface area contributed by atoms with Crippen LogP contribution in [0.4, 0.5) is 0 Å². The number of aryl methyl sites for hydroxylation is 2. The molecule has 6 heteroatoms. The molecule has 0 aromatic heterocycles. The molecule has 41 heavy (non-hydrogen) atoms. The van der Waals surface area contributed by atoms with Crippen LogP contribution in [0.1, 0.15) is 47.9 Å². The van der Waals surface area contributed by atoms with Crippen molar-refractivity contribution in [3.8, 4) is 16.9 Å². The summed E-state index contributed by atoms with van der Waals surface area (Å²) >= 11 is 12.5. The highest BCUT2D eigenvalue weighted by Crippen LogP contribution is 2.34. The van der Waals surface area contributed by atoms with E-state index in [9.17, 15) is 0 Å². The van der Waals surface area contributed by atoms with Crippen molar-refractivity contribution < 1.29 is 14.2 Å². The minimum Gasteiger partial charge on any atom is -0.488 e. The summed E-state index contributed by atoms with van der Waals surface area (Å²) in [6.45, 7) is 8.86. The second kappa shape index (κ2) is 17.4. The summed E-state index contributed by atoms with van der Waals surface area (Å²) < 4.78 is 16.8. The average molecular weight is 597 g/mol. The number of hydrogen-bond acceptors (Lipinski definition) is 4. The molecule has 3 aromatic rings. The molecule has 0 fully saturated rings. The molecular formula is C35H43Cl2NO3. The van der Waals surface area contributed by atoms with Gasteiger partial charge in [0.15, 0.2) is 5.75 Å². The van der Waals surface area contributed by atoms with E-state index in [1.807, 2.05) is 25.1 Å². The van der Waals surface area contributed by atoms with Gasteiger partial charge in [0.05, 0.1) is 29.9 Å². The molecule has 1 unspecified atom stereocenters. The molecule has 0 spiro atoms. The van der Waals surface area contributed by atoms with Gasteiger partial charge in [-0.3, -0.25) is 0 Å². The number of rotatable bonds is 16. The Kier molecular flexibility index (Phi) is 13.9. The monoisotopic (exact) mass is 595 g/mol. The van der Waals surface area contributed by atoms with Crippen molar-refractivity contribution in [3.63, 3.8) is 0 Å². The van der Waals surface area contributed by atoms with E-state index >= 15 is 0 Å². The number of hydrogen-bond donors (Lipinski definition) is 1. The molecular weight excluding hydrogens is 553 g/mol. The van der Waals surface area contributed by atoms with Crippen LogP contribution in [0.5, 0.6) is 5.75 Å². The molecule has 0 saturated carbocycles. The van der Waals surface area contributed by atoms with Gasteiger partial charge in [-0.1, -0.05) is 96.4 Å². The molecule has 220 valence electrons. The van der Waals surface area contributed by atoms with Crippen LogP contribution in [0, 0.1) is 13.8 Å². The lowest BCUT2D eigenvalue weighted by Gasteiger charge is -2.20. The van der Waals surface area contributed by atoms with E-state index in [0.29, 0.717) is 48.8 Å². The molecule has 2 N–H and O–H groups in total. The van der Waals surface area contributed by atoms with Crippen LogP contribution >= 0.6 is 23.2 Å². The van der Waals surface area contributed by atoms with Crippen LogP contribution in [0.3, 0.4) is 0 Å². The maximum atomic E-state index is 6.31. The first kappa shape index (κ1) is 32.9. The molecule has 0 aliphatic carbocycles. The van der Waals surface area contributed by atoms with Gasteiger partial charge in [-0.15, -0.1) is 0 Å². The van der Waals surface area contributed by atoms with Crippen LogP contribution in [-0.4, -0.2) is 40.1 Å². The Morgan fingerprint density at radius 1 is 0.976 bits per heavy atom. The molecule has 3 aromatic carbocycles. The van der Waals surface area contributed by atoms with Gasteiger partial charge in [0.25, 0.3) is 0 Å². The number of methoxy groups -OCH3 is 1. The van der Waals surface area contributed by atoms with Crippen LogP contribution in [0.15, 0.2) is 78.4 Å². The number of benzene rings is 3. The zero-order valence-electron chi connectivity index (χ0n) is 24.7. The van der Waals surface area contributed by atoms with E-state index in [-0.39, 0.29) is 5.92 Å². The lowest BCUT2D eigenvalue weighted by molar-refractivity contribution is 0.121. The first-order valence-corrected chi connectivity index (χ1v) is 15.0. The molecule has 0 saturated heterocycles. The van der Waals surface area contributed by atoms with Crippen molar-refractivity contribution in [2.24, 2.45) is 5.73 Å². The summed E-state index contributed by atoms with van der Waals surface area (Å²) in [6.07, 6.45) is 9.19. The summed E-state index contributed by atoms with van der Waals surface area (Å²) in [4.78, 5) is 0. The highest BCUT2D eigenvalue weighted by molar-refractivity contribution is 6.37. The lowest BCUT2D eigenvalue weighted by atomic mass is 9.86.